The van der Waals surface area contributed by atoms with Crippen LogP contribution in [0.25, 0.3) is 0 Å². The van der Waals surface area contributed by atoms with Gasteiger partial charge in [-0.1, -0.05) is 11.8 Å². The Morgan fingerprint density at radius 3 is 2.50 bits per heavy atom. The Morgan fingerprint density at radius 1 is 1.38 bits per heavy atom. The van der Waals surface area contributed by atoms with Gasteiger partial charge in [0.15, 0.2) is 0 Å². The van der Waals surface area contributed by atoms with Crippen LogP contribution in [-0.2, 0) is 4.79 Å². The fraction of sp³-hybridized carbons (Fsp3) is 0.300. The Balaban J connectivity index is 2.54. The summed E-state index contributed by atoms with van der Waals surface area (Å²) >= 11 is 0.470. The van der Waals surface area contributed by atoms with Gasteiger partial charge in [0.1, 0.15) is 0 Å². The number of amides is 1. The Bertz CT molecular complexity index is 343. The third-order valence-corrected chi connectivity index (χ3v) is 2.46. The highest BCUT2D eigenvalue weighted by atomic mass is 32.2. The third-order valence-electron chi connectivity index (χ3n) is 1.73. The van der Waals surface area contributed by atoms with E-state index in [2.05, 4.69) is 5.32 Å². The molecule has 1 rings (SSSR count). The number of nitrogens with two attached hydrogens (primary N) is 1. The Kier molecular flexibility index (Phi) is 5.21. The van der Waals surface area contributed by atoms with E-state index in [0.29, 0.717) is 22.3 Å². The second kappa shape index (κ2) is 6.44. The van der Waals surface area contributed by atoms with Crippen LogP contribution in [0.1, 0.15) is 6.42 Å². The molecule has 0 saturated carbocycles. The average Bonchev–Trinajstić information content (AvgIpc) is 2.20. The summed E-state index contributed by atoms with van der Waals surface area (Å²) in [6.45, 7) is 0.283. The van der Waals surface area contributed by atoms with Crippen molar-refractivity contribution in [1.82, 2.24) is 0 Å². The lowest BCUT2D eigenvalue weighted by molar-refractivity contribution is -0.116. The van der Waals surface area contributed by atoms with Crippen molar-refractivity contribution < 1.29 is 13.6 Å². The highest BCUT2D eigenvalue weighted by Gasteiger charge is 2.05. The molecular weight excluding hydrogens is 234 g/mol. The normalized spacial score (nSPS) is 10.5. The minimum atomic E-state index is -2.43. The summed E-state index contributed by atoms with van der Waals surface area (Å²) in [5.41, 5.74) is 5.80. The van der Waals surface area contributed by atoms with Crippen molar-refractivity contribution >= 4 is 23.4 Å². The summed E-state index contributed by atoms with van der Waals surface area (Å²) < 4.78 is 24.0. The molecule has 0 bridgehead atoms. The van der Waals surface area contributed by atoms with Gasteiger partial charge in [0.25, 0.3) is 5.76 Å². The monoisotopic (exact) mass is 246 g/mol. The largest absolute Gasteiger partial charge is 0.330 e. The molecule has 0 unspecified atom stereocenters. The molecule has 16 heavy (non-hydrogen) atoms. The summed E-state index contributed by atoms with van der Waals surface area (Å²) in [7, 11) is 0. The third kappa shape index (κ3) is 4.59. The van der Waals surface area contributed by atoms with Crippen molar-refractivity contribution in [3.05, 3.63) is 24.3 Å². The predicted molar refractivity (Wildman–Crippen MR) is 60.6 cm³/mol. The number of hydrogen-bond acceptors (Lipinski definition) is 3. The quantitative estimate of drug-likeness (QED) is 0.784. The highest BCUT2D eigenvalue weighted by molar-refractivity contribution is 7.99. The zero-order valence-corrected chi connectivity index (χ0v) is 9.27. The topological polar surface area (TPSA) is 55.1 Å². The van der Waals surface area contributed by atoms with Crippen LogP contribution in [0.2, 0.25) is 0 Å². The number of thioether (sulfide) groups is 1. The second-order valence-corrected chi connectivity index (χ2v) is 4.05. The molecule has 1 aromatic rings. The number of carbonyl (C=O) groups excluding carboxylic acids is 1. The molecule has 1 amide bonds. The number of alkyl halides is 2. The molecule has 0 heterocycles. The number of halogens is 2. The van der Waals surface area contributed by atoms with Gasteiger partial charge in [0.2, 0.25) is 5.91 Å². The number of nitrogens with one attached hydrogen (secondary N) is 1. The first-order valence-corrected chi connectivity index (χ1v) is 5.54. The van der Waals surface area contributed by atoms with Gasteiger partial charge in [-0.3, -0.25) is 4.79 Å². The van der Waals surface area contributed by atoms with Gasteiger partial charge in [-0.05, 0) is 24.3 Å². The number of rotatable bonds is 5. The van der Waals surface area contributed by atoms with E-state index in [-0.39, 0.29) is 18.9 Å². The van der Waals surface area contributed by atoms with Crippen molar-refractivity contribution in [2.24, 2.45) is 5.73 Å². The molecule has 0 saturated heterocycles. The van der Waals surface area contributed by atoms with Crippen LogP contribution in [-0.4, -0.2) is 18.2 Å². The Morgan fingerprint density at radius 2 is 2.00 bits per heavy atom. The molecule has 0 atom stereocenters. The van der Waals surface area contributed by atoms with E-state index in [9.17, 15) is 13.6 Å². The minimum Gasteiger partial charge on any atom is -0.330 e. The lowest BCUT2D eigenvalue weighted by Gasteiger charge is -2.05. The highest BCUT2D eigenvalue weighted by Crippen LogP contribution is 2.26. The lowest BCUT2D eigenvalue weighted by Crippen LogP contribution is -2.15. The maximum absolute atomic E-state index is 12.0. The summed E-state index contributed by atoms with van der Waals surface area (Å²) in [6, 6.07) is 6.24. The number of carbonyl (C=O) groups is 1. The van der Waals surface area contributed by atoms with E-state index < -0.39 is 5.76 Å². The van der Waals surface area contributed by atoms with Gasteiger partial charge in [-0.15, -0.1) is 0 Å². The summed E-state index contributed by atoms with van der Waals surface area (Å²) in [5.74, 6) is -2.62. The standard InChI is InChI=1S/C10H12F2N2OS/c11-10(12)16-8-3-1-7(2-4-8)14-9(15)5-6-13/h1-4,10H,5-6,13H2,(H,14,15). The van der Waals surface area contributed by atoms with E-state index in [4.69, 9.17) is 5.73 Å². The zero-order valence-electron chi connectivity index (χ0n) is 8.45. The minimum absolute atomic E-state index is 0.184. The van der Waals surface area contributed by atoms with Crippen molar-refractivity contribution in [2.75, 3.05) is 11.9 Å². The lowest BCUT2D eigenvalue weighted by atomic mass is 10.3. The molecule has 0 fully saturated rings. The van der Waals surface area contributed by atoms with E-state index in [1.165, 1.54) is 12.1 Å². The van der Waals surface area contributed by atoms with Crippen LogP contribution in [0.15, 0.2) is 29.2 Å². The van der Waals surface area contributed by atoms with Crippen LogP contribution < -0.4 is 11.1 Å². The molecule has 88 valence electrons. The van der Waals surface area contributed by atoms with E-state index >= 15 is 0 Å². The number of hydrogen-bond donors (Lipinski definition) is 2. The van der Waals surface area contributed by atoms with Crippen LogP contribution in [0.3, 0.4) is 0 Å². The maximum Gasteiger partial charge on any atom is 0.288 e. The average molecular weight is 246 g/mol. The first-order valence-electron chi connectivity index (χ1n) is 4.66. The molecule has 0 aromatic heterocycles. The molecule has 0 spiro atoms. The molecule has 3 N–H and O–H groups in total. The summed E-state index contributed by atoms with van der Waals surface area (Å²) in [6.07, 6.45) is 0.244. The molecule has 1 aromatic carbocycles. The number of benzene rings is 1. The first kappa shape index (κ1) is 12.9. The van der Waals surface area contributed by atoms with Crippen LogP contribution in [0, 0.1) is 0 Å². The van der Waals surface area contributed by atoms with Gasteiger partial charge in [-0.2, -0.15) is 8.78 Å². The maximum atomic E-state index is 12.0. The SMILES string of the molecule is NCCC(=O)Nc1ccc(SC(F)F)cc1. The molecular formula is C10H12F2N2OS. The van der Waals surface area contributed by atoms with E-state index in [1.54, 1.807) is 12.1 Å². The Hall–Kier alpha value is -1.14. The second-order valence-electron chi connectivity index (χ2n) is 2.99. The molecule has 3 nitrogen and oxygen atoms in total. The molecule has 0 aliphatic rings. The number of anilines is 1. The van der Waals surface area contributed by atoms with Crippen LogP contribution in [0.4, 0.5) is 14.5 Å². The van der Waals surface area contributed by atoms with Crippen molar-refractivity contribution in [1.29, 1.82) is 0 Å². The summed E-state index contributed by atoms with van der Waals surface area (Å²) in [4.78, 5) is 11.6. The van der Waals surface area contributed by atoms with E-state index in [0.717, 1.165) is 0 Å². The van der Waals surface area contributed by atoms with Crippen molar-refractivity contribution in [3.8, 4) is 0 Å². The van der Waals surface area contributed by atoms with Gasteiger partial charge < -0.3 is 11.1 Å². The van der Waals surface area contributed by atoms with Gasteiger partial charge in [-0.25, -0.2) is 0 Å². The fourth-order valence-corrected chi connectivity index (χ4v) is 1.57. The molecule has 6 heteroatoms. The predicted octanol–water partition coefficient (Wildman–Crippen LogP) is 2.29. The van der Waals surface area contributed by atoms with Crippen molar-refractivity contribution in [3.63, 3.8) is 0 Å². The smallest absolute Gasteiger partial charge is 0.288 e. The fourth-order valence-electron chi connectivity index (χ4n) is 1.07. The molecule has 0 aliphatic heterocycles. The zero-order chi connectivity index (χ0) is 12.0. The molecule has 0 aliphatic carbocycles. The molecule has 0 radical (unpaired) electrons. The van der Waals surface area contributed by atoms with Gasteiger partial charge >= 0.3 is 0 Å². The first-order chi connectivity index (χ1) is 7.61. The summed E-state index contributed by atoms with van der Waals surface area (Å²) in [5, 5.41) is 2.61. The van der Waals surface area contributed by atoms with Gasteiger partial charge in [0, 0.05) is 23.5 Å². The van der Waals surface area contributed by atoms with E-state index in [1.807, 2.05) is 0 Å². The van der Waals surface area contributed by atoms with Crippen LogP contribution in [0.5, 0.6) is 0 Å². The van der Waals surface area contributed by atoms with Gasteiger partial charge in [0.05, 0.1) is 0 Å². The van der Waals surface area contributed by atoms with Crippen molar-refractivity contribution in [2.45, 2.75) is 17.1 Å². The Labute approximate surface area is 96.4 Å². The van der Waals surface area contributed by atoms with Crippen LogP contribution >= 0.6 is 11.8 Å².